The van der Waals surface area contributed by atoms with E-state index < -0.39 is 0 Å². The Kier molecular flexibility index (Phi) is 4.77. The highest BCUT2D eigenvalue weighted by Gasteiger charge is 2.16. The van der Waals surface area contributed by atoms with Gasteiger partial charge in [0.1, 0.15) is 5.03 Å². The van der Waals surface area contributed by atoms with Gasteiger partial charge in [0.2, 0.25) is 5.82 Å². The lowest BCUT2D eigenvalue weighted by Crippen LogP contribution is -2.04. The SMILES string of the molecule is CCc1ccccc1-n1ncc(-c2nnn(Cc3cccc(C)c3)n2)c1S. The summed E-state index contributed by atoms with van der Waals surface area (Å²) in [5, 5.41) is 18.1. The van der Waals surface area contributed by atoms with Crippen LogP contribution in [-0.2, 0) is 13.0 Å². The summed E-state index contributed by atoms with van der Waals surface area (Å²) in [6.45, 7) is 4.77. The summed E-state index contributed by atoms with van der Waals surface area (Å²) in [5.41, 5.74) is 5.33. The molecule has 0 saturated heterocycles. The maximum atomic E-state index is 4.68. The number of benzene rings is 2. The molecule has 27 heavy (non-hydrogen) atoms. The Morgan fingerprint density at radius 3 is 2.74 bits per heavy atom. The highest BCUT2D eigenvalue weighted by molar-refractivity contribution is 7.80. The van der Waals surface area contributed by atoms with Crippen molar-refractivity contribution < 1.29 is 0 Å². The number of aryl methyl sites for hydroxylation is 2. The molecule has 0 radical (unpaired) electrons. The normalized spacial score (nSPS) is 11.1. The van der Waals surface area contributed by atoms with E-state index in [1.807, 2.05) is 28.9 Å². The van der Waals surface area contributed by atoms with E-state index in [-0.39, 0.29) is 0 Å². The monoisotopic (exact) mass is 376 g/mol. The predicted molar refractivity (Wildman–Crippen MR) is 107 cm³/mol. The predicted octanol–water partition coefficient (Wildman–Crippen LogP) is 3.73. The summed E-state index contributed by atoms with van der Waals surface area (Å²) in [5.74, 6) is 0.521. The molecular formula is C20H20N6S. The number of hydrogen-bond acceptors (Lipinski definition) is 5. The van der Waals surface area contributed by atoms with Gasteiger partial charge >= 0.3 is 0 Å². The second-order valence-electron chi connectivity index (χ2n) is 6.41. The number of hydrogen-bond donors (Lipinski definition) is 1. The molecule has 2 heterocycles. The summed E-state index contributed by atoms with van der Waals surface area (Å²) in [4.78, 5) is 1.59. The Bertz CT molecular complexity index is 1080. The molecule has 136 valence electrons. The lowest BCUT2D eigenvalue weighted by atomic mass is 10.1. The van der Waals surface area contributed by atoms with Gasteiger partial charge in [0, 0.05) is 0 Å². The topological polar surface area (TPSA) is 61.4 Å². The number of aromatic nitrogens is 6. The fraction of sp³-hybridized carbons (Fsp3) is 0.200. The van der Waals surface area contributed by atoms with Crippen molar-refractivity contribution in [1.82, 2.24) is 30.0 Å². The first kappa shape index (κ1) is 17.5. The maximum Gasteiger partial charge on any atom is 0.209 e. The number of rotatable bonds is 5. The van der Waals surface area contributed by atoms with Crippen molar-refractivity contribution in [2.75, 3.05) is 0 Å². The number of para-hydroxylation sites is 1. The average Bonchev–Trinajstić information content (AvgIpc) is 3.28. The molecule has 0 fully saturated rings. The van der Waals surface area contributed by atoms with E-state index in [2.05, 4.69) is 71.3 Å². The van der Waals surface area contributed by atoms with Gasteiger partial charge in [0.15, 0.2) is 0 Å². The van der Waals surface area contributed by atoms with Gasteiger partial charge < -0.3 is 0 Å². The molecule has 0 N–H and O–H groups in total. The van der Waals surface area contributed by atoms with Gasteiger partial charge in [0.25, 0.3) is 0 Å². The molecule has 4 aromatic rings. The summed E-state index contributed by atoms with van der Waals surface area (Å²) >= 11 is 4.68. The third kappa shape index (κ3) is 3.50. The Morgan fingerprint density at radius 1 is 1.07 bits per heavy atom. The minimum Gasteiger partial charge on any atom is -0.226 e. The lowest BCUT2D eigenvalue weighted by Gasteiger charge is -2.09. The zero-order valence-electron chi connectivity index (χ0n) is 15.2. The smallest absolute Gasteiger partial charge is 0.209 e. The van der Waals surface area contributed by atoms with Crippen LogP contribution in [0.2, 0.25) is 0 Å². The molecule has 0 aliphatic heterocycles. The number of thiol groups is 1. The minimum absolute atomic E-state index is 0.521. The van der Waals surface area contributed by atoms with Crippen LogP contribution in [0.4, 0.5) is 0 Å². The van der Waals surface area contributed by atoms with Crippen molar-refractivity contribution >= 4 is 12.6 Å². The Balaban J connectivity index is 1.64. The summed E-state index contributed by atoms with van der Waals surface area (Å²) in [7, 11) is 0. The van der Waals surface area contributed by atoms with Crippen LogP contribution in [0.25, 0.3) is 17.1 Å². The summed E-state index contributed by atoms with van der Waals surface area (Å²) in [6, 6.07) is 16.4. The molecule has 0 saturated carbocycles. The molecule has 7 heteroatoms. The van der Waals surface area contributed by atoms with E-state index in [4.69, 9.17) is 0 Å². The largest absolute Gasteiger partial charge is 0.226 e. The van der Waals surface area contributed by atoms with E-state index in [1.165, 1.54) is 11.1 Å². The number of tetrazole rings is 1. The second kappa shape index (κ2) is 7.36. The fourth-order valence-electron chi connectivity index (χ4n) is 3.08. The molecule has 0 spiro atoms. The zero-order chi connectivity index (χ0) is 18.8. The van der Waals surface area contributed by atoms with Gasteiger partial charge in [-0.25, -0.2) is 4.68 Å². The van der Waals surface area contributed by atoms with E-state index >= 15 is 0 Å². The third-order valence-corrected chi connectivity index (χ3v) is 4.88. The maximum absolute atomic E-state index is 4.68. The first-order chi connectivity index (χ1) is 13.2. The standard InChI is InChI=1S/C20H20N6S/c1-3-16-9-4-5-10-18(16)26-20(27)17(12-21-26)19-22-24-25(23-19)13-15-8-6-7-14(2)11-15/h4-12,27H,3,13H2,1-2H3. The van der Waals surface area contributed by atoms with Crippen molar-refractivity contribution in [1.29, 1.82) is 0 Å². The van der Waals surface area contributed by atoms with Gasteiger partial charge in [-0.15, -0.1) is 22.8 Å². The first-order valence-corrected chi connectivity index (χ1v) is 9.29. The number of nitrogens with zero attached hydrogens (tertiary/aromatic N) is 6. The zero-order valence-corrected chi connectivity index (χ0v) is 16.1. The van der Waals surface area contributed by atoms with Crippen molar-refractivity contribution in [3.8, 4) is 17.1 Å². The molecule has 0 unspecified atom stereocenters. The van der Waals surface area contributed by atoms with Crippen molar-refractivity contribution in [2.45, 2.75) is 31.8 Å². The minimum atomic E-state index is 0.521. The van der Waals surface area contributed by atoms with Crippen LogP contribution in [0, 0.1) is 6.92 Å². The quantitative estimate of drug-likeness (QED) is 0.539. The van der Waals surface area contributed by atoms with Gasteiger partial charge in [-0.3, -0.25) is 0 Å². The van der Waals surface area contributed by atoms with Crippen molar-refractivity contribution in [2.24, 2.45) is 0 Å². The van der Waals surface area contributed by atoms with Crippen LogP contribution in [0.5, 0.6) is 0 Å². The highest BCUT2D eigenvalue weighted by Crippen LogP contribution is 2.27. The van der Waals surface area contributed by atoms with Crippen LogP contribution in [0.3, 0.4) is 0 Å². The van der Waals surface area contributed by atoms with Gasteiger partial charge in [-0.2, -0.15) is 9.90 Å². The van der Waals surface area contributed by atoms with Crippen molar-refractivity contribution in [3.63, 3.8) is 0 Å². The average molecular weight is 376 g/mol. The van der Waals surface area contributed by atoms with Crippen LogP contribution in [-0.4, -0.2) is 30.0 Å². The molecule has 2 aromatic carbocycles. The van der Waals surface area contributed by atoms with Crippen LogP contribution in [0.15, 0.2) is 59.8 Å². The molecule has 4 rings (SSSR count). The Morgan fingerprint density at radius 2 is 1.93 bits per heavy atom. The van der Waals surface area contributed by atoms with Crippen molar-refractivity contribution in [3.05, 3.63) is 71.4 Å². The fourth-order valence-corrected chi connectivity index (χ4v) is 3.40. The Labute approximate surface area is 163 Å². The molecule has 2 aromatic heterocycles. The molecule has 0 bridgehead atoms. The second-order valence-corrected chi connectivity index (χ2v) is 6.83. The van der Waals surface area contributed by atoms with Crippen LogP contribution < -0.4 is 0 Å². The molecule has 6 nitrogen and oxygen atoms in total. The first-order valence-electron chi connectivity index (χ1n) is 8.84. The van der Waals surface area contributed by atoms with Gasteiger partial charge in [-0.1, -0.05) is 55.0 Å². The van der Waals surface area contributed by atoms with E-state index in [9.17, 15) is 0 Å². The highest BCUT2D eigenvalue weighted by atomic mass is 32.1. The molecule has 0 aliphatic carbocycles. The van der Waals surface area contributed by atoms with Gasteiger partial charge in [-0.05, 0) is 35.8 Å². The van der Waals surface area contributed by atoms with Crippen LogP contribution >= 0.6 is 12.6 Å². The summed E-state index contributed by atoms with van der Waals surface area (Å²) in [6.07, 6.45) is 2.66. The van der Waals surface area contributed by atoms with E-state index in [1.54, 1.807) is 11.0 Å². The molecule has 0 amide bonds. The van der Waals surface area contributed by atoms with Crippen LogP contribution in [0.1, 0.15) is 23.6 Å². The molecular weight excluding hydrogens is 356 g/mol. The van der Waals surface area contributed by atoms with Gasteiger partial charge in [0.05, 0.1) is 24.0 Å². The Hall–Kier alpha value is -2.93. The summed E-state index contributed by atoms with van der Waals surface area (Å²) < 4.78 is 1.82. The molecule has 0 atom stereocenters. The van der Waals surface area contributed by atoms with E-state index in [0.29, 0.717) is 17.4 Å². The molecule has 0 aliphatic rings. The third-order valence-electron chi connectivity index (χ3n) is 4.44. The van der Waals surface area contributed by atoms with E-state index in [0.717, 1.165) is 23.2 Å². The lowest BCUT2D eigenvalue weighted by molar-refractivity contribution is 0.572.